The zero-order valence-corrected chi connectivity index (χ0v) is 13.0. The van der Waals surface area contributed by atoms with Gasteiger partial charge in [0.05, 0.1) is 24.1 Å². The van der Waals surface area contributed by atoms with Crippen LogP contribution in [0.15, 0.2) is 29.3 Å². The lowest BCUT2D eigenvalue weighted by molar-refractivity contribution is 0.543. The van der Waals surface area contributed by atoms with E-state index < -0.39 is 0 Å². The molecule has 0 aliphatic rings. The largest absolute Gasteiger partial charge is 0.377 e. The minimum absolute atomic E-state index is 0.176. The average Bonchev–Trinajstić information content (AvgIpc) is 2.49. The smallest absolute Gasteiger partial charge is 0.287 e. The van der Waals surface area contributed by atoms with Crippen LogP contribution in [0.1, 0.15) is 31.0 Å². The normalized spacial score (nSPS) is 10.6. The van der Waals surface area contributed by atoms with Gasteiger partial charge in [-0.25, -0.2) is 4.68 Å². The number of aryl methyl sites for hydroxylation is 2. The van der Waals surface area contributed by atoms with Gasteiger partial charge in [0.2, 0.25) is 0 Å². The Balaban J connectivity index is 2.13. The molecule has 21 heavy (non-hydrogen) atoms. The van der Waals surface area contributed by atoms with Gasteiger partial charge < -0.3 is 5.32 Å². The number of anilines is 1. The topological polar surface area (TPSA) is 59.8 Å². The van der Waals surface area contributed by atoms with E-state index in [9.17, 15) is 4.79 Å². The highest BCUT2D eigenvalue weighted by atomic mass is 35.5. The minimum Gasteiger partial charge on any atom is -0.377 e. The van der Waals surface area contributed by atoms with Crippen LogP contribution in [0.25, 0.3) is 0 Å². The van der Waals surface area contributed by atoms with Crippen molar-refractivity contribution in [2.45, 2.75) is 39.8 Å². The predicted molar refractivity (Wildman–Crippen MR) is 84.7 cm³/mol. The summed E-state index contributed by atoms with van der Waals surface area (Å²) in [6.45, 7) is 5.16. The molecule has 2 aromatic heterocycles. The molecule has 0 fully saturated rings. The molecule has 0 bridgehead atoms. The highest BCUT2D eigenvalue weighted by molar-refractivity contribution is 6.32. The van der Waals surface area contributed by atoms with Gasteiger partial charge in [-0.1, -0.05) is 31.0 Å². The third-order valence-electron chi connectivity index (χ3n) is 3.27. The van der Waals surface area contributed by atoms with Crippen LogP contribution in [0.3, 0.4) is 0 Å². The monoisotopic (exact) mass is 306 g/mol. The van der Waals surface area contributed by atoms with Crippen molar-refractivity contribution in [2.75, 3.05) is 5.32 Å². The Kier molecular flexibility index (Phi) is 5.33. The van der Waals surface area contributed by atoms with Crippen LogP contribution in [0.4, 0.5) is 5.69 Å². The van der Waals surface area contributed by atoms with Crippen molar-refractivity contribution in [3.05, 3.63) is 51.2 Å². The van der Waals surface area contributed by atoms with Crippen molar-refractivity contribution in [3.8, 4) is 0 Å². The molecule has 0 spiro atoms. The Hall–Kier alpha value is -1.88. The SMILES string of the molecule is CCCCn1ncc(NCc2ncccc2C)c(Cl)c1=O. The second-order valence-corrected chi connectivity index (χ2v) is 5.25. The number of aromatic nitrogens is 3. The van der Waals surface area contributed by atoms with E-state index in [4.69, 9.17) is 11.6 Å². The molecule has 0 aromatic carbocycles. The van der Waals surface area contributed by atoms with E-state index in [-0.39, 0.29) is 10.6 Å². The number of nitrogens with one attached hydrogen (secondary N) is 1. The summed E-state index contributed by atoms with van der Waals surface area (Å²) >= 11 is 6.13. The van der Waals surface area contributed by atoms with Gasteiger partial charge >= 0.3 is 0 Å². The summed E-state index contributed by atoms with van der Waals surface area (Å²) in [4.78, 5) is 16.4. The van der Waals surface area contributed by atoms with Gasteiger partial charge in [-0.05, 0) is 25.0 Å². The molecule has 112 valence electrons. The van der Waals surface area contributed by atoms with Gasteiger partial charge in [-0.3, -0.25) is 9.78 Å². The molecule has 0 aliphatic carbocycles. The summed E-state index contributed by atoms with van der Waals surface area (Å²) < 4.78 is 1.41. The van der Waals surface area contributed by atoms with Crippen molar-refractivity contribution in [2.24, 2.45) is 0 Å². The Labute approximate surface area is 129 Å². The van der Waals surface area contributed by atoms with Crippen LogP contribution in [-0.4, -0.2) is 14.8 Å². The van der Waals surface area contributed by atoms with Gasteiger partial charge in [0.15, 0.2) is 0 Å². The molecule has 1 N–H and O–H groups in total. The fraction of sp³-hybridized carbons (Fsp3) is 0.400. The molecule has 2 heterocycles. The van der Waals surface area contributed by atoms with Crippen molar-refractivity contribution in [1.82, 2.24) is 14.8 Å². The van der Waals surface area contributed by atoms with Crippen LogP contribution in [-0.2, 0) is 13.1 Å². The Morgan fingerprint density at radius 2 is 2.24 bits per heavy atom. The molecule has 2 aromatic rings. The standard InChI is InChI=1S/C15H19ClN4O/c1-3-4-8-20-15(21)14(16)13(10-19-20)18-9-12-11(2)6-5-7-17-12/h5-7,10,18H,3-4,8-9H2,1-2H3. The van der Waals surface area contributed by atoms with Crippen LogP contribution in [0, 0.1) is 6.92 Å². The van der Waals surface area contributed by atoms with Gasteiger partial charge in [0.25, 0.3) is 5.56 Å². The molecule has 6 heteroatoms. The second kappa shape index (κ2) is 7.22. The summed E-state index contributed by atoms with van der Waals surface area (Å²) in [5.74, 6) is 0. The first-order chi connectivity index (χ1) is 10.1. The molecule has 0 aliphatic heterocycles. The summed E-state index contributed by atoms with van der Waals surface area (Å²) in [6, 6.07) is 3.88. The van der Waals surface area contributed by atoms with Gasteiger partial charge in [-0.15, -0.1) is 0 Å². The van der Waals surface area contributed by atoms with Crippen molar-refractivity contribution >= 4 is 17.3 Å². The minimum atomic E-state index is -0.257. The van der Waals surface area contributed by atoms with E-state index in [1.165, 1.54) is 4.68 Å². The van der Waals surface area contributed by atoms with Crippen molar-refractivity contribution in [1.29, 1.82) is 0 Å². The van der Waals surface area contributed by atoms with E-state index >= 15 is 0 Å². The lowest BCUT2D eigenvalue weighted by Gasteiger charge is -2.10. The highest BCUT2D eigenvalue weighted by Crippen LogP contribution is 2.16. The molecule has 0 amide bonds. The predicted octanol–water partition coefficient (Wildman–Crippen LogP) is 3.01. The van der Waals surface area contributed by atoms with Gasteiger partial charge in [-0.2, -0.15) is 5.10 Å². The molecule has 0 radical (unpaired) electrons. The molecular formula is C15H19ClN4O. The van der Waals surface area contributed by atoms with Crippen molar-refractivity contribution in [3.63, 3.8) is 0 Å². The first-order valence-electron chi connectivity index (χ1n) is 7.03. The first kappa shape index (κ1) is 15.5. The van der Waals surface area contributed by atoms with Crippen LogP contribution >= 0.6 is 11.6 Å². The molecule has 0 atom stereocenters. The quantitative estimate of drug-likeness (QED) is 0.891. The number of pyridine rings is 1. The third kappa shape index (κ3) is 3.82. The summed E-state index contributed by atoms with van der Waals surface area (Å²) in [6.07, 6.45) is 5.25. The zero-order chi connectivity index (χ0) is 15.2. The number of hydrogen-bond acceptors (Lipinski definition) is 4. The third-order valence-corrected chi connectivity index (χ3v) is 3.64. The summed E-state index contributed by atoms with van der Waals surface area (Å²) in [5, 5.41) is 7.45. The molecule has 0 saturated heterocycles. The van der Waals surface area contributed by atoms with E-state index in [0.717, 1.165) is 24.1 Å². The number of rotatable bonds is 6. The van der Waals surface area contributed by atoms with Gasteiger partial charge in [0.1, 0.15) is 5.02 Å². The van der Waals surface area contributed by atoms with E-state index in [1.807, 2.05) is 19.1 Å². The maximum absolute atomic E-state index is 12.1. The number of unbranched alkanes of at least 4 members (excludes halogenated alkanes) is 1. The molecule has 5 nitrogen and oxygen atoms in total. The number of hydrogen-bond donors (Lipinski definition) is 1. The zero-order valence-electron chi connectivity index (χ0n) is 12.3. The molecule has 0 saturated carbocycles. The Bertz CT molecular complexity index is 669. The summed E-state index contributed by atoms with van der Waals surface area (Å²) in [5.41, 5.74) is 2.29. The molecule has 2 rings (SSSR count). The van der Waals surface area contributed by atoms with Crippen molar-refractivity contribution < 1.29 is 0 Å². The first-order valence-corrected chi connectivity index (χ1v) is 7.41. The van der Waals surface area contributed by atoms with Crippen LogP contribution in [0.5, 0.6) is 0 Å². The Morgan fingerprint density at radius 1 is 1.43 bits per heavy atom. The fourth-order valence-corrected chi connectivity index (χ4v) is 2.15. The van der Waals surface area contributed by atoms with E-state index in [1.54, 1.807) is 12.4 Å². The average molecular weight is 307 g/mol. The molecular weight excluding hydrogens is 288 g/mol. The highest BCUT2D eigenvalue weighted by Gasteiger charge is 2.09. The fourth-order valence-electron chi connectivity index (χ4n) is 1.94. The lowest BCUT2D eigenvalue weighted by Crippen LogP contribution is -2.24. The number of halogens is 1. The maximum Gasteiger partial charge on any atom is 0.287 e. The maximum atomic E-state index is 12.1. The summed E-state index contributed by atoms with van der Waals surface area (Å²) in [7, 11) is 0. The van der Waals surface area contributed by atoms with E-state index in [0.29, 0.717) is 18.8 Å². The van der Waals surface area contributed by atoms with Crippen LogP contribution < -0.4 is 10.9 Å². The lowest BCUT2D eigenvalue weighted by atomic mass is 10.2. The van der Waals surface area contributed by atoms with E-state index in [2.05, 4.69) is 22.3 Å². The van der Waals surface area contributed by atoms with Gasteiger partial charge in [0, 0.05) is 12.7 Å². The van der Waals surface area contributed by atoms with Crippen LogP contribution in [0.2, 0.25) is 5.02 Å². The molecule has 0 unspecified atom stereocenters. The Morgan fingerprint density at radius 3 is 2.95 bits per heavy atom. The second-order valence-electron chi connectivity index (χ2n) is 4.87. The number of nitrogens with zero attached hydrogens (tertiary/aromatic N) is 3.